The zero-order valence-electron chi connectivity index (χ0n) is 16.7. The summed E-state index contributed by atoms with van der Waals surface area (Å²) in [4.78, 5) is 33.4. The van der Waals surface area contributed by atoms with Crippen LogP contribution in [-0.4, -0.2) is 28.3 Å². The smallest absolute Gasteiger partial charge is 0.337 e. The molecule has 152 valence electrons. The van der Waals surface area contributed by atoms with Crippen LogP contribution in [0.5, 0.6) is 0 Å². The number of hydrogen-bond donors (Lipinski definition) is 2. The van der Waals surface area contributed by atoms with Gasteiger partial charge in [-0.3, -0.25) is 4.79 Å². The molecule has 1 aliphatic heterocycles. The third kappa shape index (κ3) is 4.62. The molecule has 29 heavy (non-hydrogen) atoms. The fourth-order valence-electron chi connectivity index (χ4n) is 3.27. The maximum Gasteiger partial charge on any atom is 0.337 e. The number of carbonyl (C=O) groups excluding carboxylic acids is 1. The number of fused-ring (bicyclic) bond motifs is 1. The molecule has 1 aliphatic rings. The van der Waals surface area contributed by atoms with Gasteiger partial charge in [0.1, 0.15) is 12.4 Å². The zero-order chi connectivity index (χ0) is 20.8. The molecule has 1 atom stereocenters. The summed E-state index contributed by atoms with van der Waals surface area (Å²) >= 11 is 1.52. The fourth-order valence-corrected chi connectivity index (χ4v) is 4.22. The van der Waals surface area contributed by atoms with E-state index in [1.807, 2.05) is 30.3 Å². The van der Waals surface area contributed by atoms with E-state index in [-0.39, 0.29) is 12.2 Å². The number of H-pyrrole nitrogens is 1. The van der Waals surface area contributed by atoms with Gasteiger partial charge in [-0.05, 0) is 18.9 Å². The molecule has 2 heterocycles. The molecule has 2 aromatic rings. The van der Waals surface area contributed by atoms with E-state index in [0.29, 0.717) is 27.8 Å². The van der Waals surface area contributed by atoms with Crippen molar-refractivity contribution in [2.24, 2.45) is 0 Å². The van der Waals surface area contributed by atoms with Crippen molar-refractivity contribution in [1.29, 1.82) is 0 Å². The lowest BCUT2D eigenvalue weighted by molar-refractivity contribution is -0.138. The van der Waals surface area contributed by atoms with E-state index in [2.05, 4.69) is 28.8 Å². The predicted octanol–water partition coefficient (Wildman–Crippen LogP) is 4.22. The van der Waals surface area contributed by atoms with Gasteiger partial charge >= 0.3 is 5.97 Å². The second-order valence-electron chi connectivity index (χ2n) is 6.73. The molecule has 0 saturated carbocycles. The molecule has 0 saturated heterocycles. The van der Waals surface area contributed by atoms with Crippen molar-refractivity contribution in [2.75, 3.05) is 17.7 Å². The molecule has 0 bridgehead atoms. The standard InChI is InChI=1S/C22H25N3O3S/c1-4-6-13-29-22-24-19-18(20(26)25-22)17(15-10-8-7-9-11-15)16(14(3)23-19)21(27)28-12-5-2/h5,7-11,17H,2,4,6,12-13H2,1,3H3,(H2,23,24,25,26)/t17-/m1/s1. The number of benzene rings is 1. The van der Waals surface area contributed by atoms with Crippen LogP contribution in [0, 0.1) is 0 Å². The number of hydrogen-bond acceptors (Lipinski definition) is 6. The lowest BCUT2D eigenvalue weighted by Gasteiger charge is -2.28. The molecule has 3 rings (SSSR count). The SMILES string of the molecule is C=CCOC(=O)C1=C(C)Nc2nc(SCCCC)[nH]c(=O)c2[C@@H]1c1ccccc1. The maximum atomic E-state index is 13.1. The quantitative estimate of drug-likeness (QED) is 0.222. The Balaban J connectivity index is 2.09. The van der Waals surface area contributed by atoms with E-state index >= 15 is 0 Å². The van der Waals surface area contributed by atoms with Gasteiger partial charge in [-0.25, -0.2) is 9.78 Å². The number of carbonyl (C=O) groups is 1. The summed E-state index contributed by atoms with van der Waals surface area (Å²) in [5, 5.41) is 3.72. The van der Waals surface area contributed by atoms with E-state index in [1.54, 1.807) is 6.92 Å². The number of thioether (sulfide) groups is 1. The van der Waals surface area contributed by atoms with Crippen molar-refractivity contribution in [3.63, 3.8) is 0 Å². The highest BCUT2D eigenvalue weighted by molar-refractivity contribution is 7.99. The molecule has 0 spiro atoms. The van der Waals surface area contributed by atoms with E-state index in [4.69, 9.17) is 4.74 Å². The first-order valence-electron chi connectivity index (χ1n) is 9.64. The second kappa shape index (κ2) is 9.60. The minimum Gasteiger partial charge on any atom is -0.458 e. The van der Waals surface area contributed by atoms with Gasteiger partial charge in [0.15, 0.2) is 5.16 Å². The van der Waals surface area contributed by atoms with Crippen LogP contribution in [0.1, 0.15) is 43.7 Å². The summed E-state index contributed by atoms with van der Waals surface area (Å²) in [6.07, 6.45) is 3.64. The first-order chi connectivity index (χ1) is 14.1. The summed E-state index contributed by atoms with van der Waals surface area (Å²) in [7, 11) is 0. The summed E-state index contributed by atoms with van der Waals surface area (Å²) in [6.45, 7) is 7.61. The average molecular weight is 412 g/mol. The first kappa shape index (κ1) is 20.9. The molecular formula is C22H25N3O3S. The van der Waals surface area contributed by atoms with Crippen LogP contribution in [0.2, 0.25) is 0 Å². The first-order valence-corrected chi connectivity index (χ1v) is 10.6. The number of ether oxygens (including phenoxy) is 1. The maximum absolute atomic E-state index is 13.1. The predicted molar refractivity (Wildman–Crippen MR) is 116 cm³/mol. The molecule has 0 aliphatic carbocycles. The van der Waals surface area contributed by atoms with Crippen LogP contribution in [0.25, 0.3) is 0 Å². The van der Waals surface area contributed by atoms with E-state index in [9.17, 15) is 9.59 Å². The highest BCUT2D eigenvalue weighted by Crippen LogP contribution is 2.40. The minimum atomic E-state index is -0.560. The molecule has 6 nitrogen and oxygen atoms in total. The summed E-state index contributed by atoms with van der Waals surface area (Å²) in [5.74, 6) is 0.333. The van der Waals surface area contributed by atoms with Gasteiger partial charge < -0.3 is 15.0 Å². The highest BCUT2D eigenvalue weighted by Gasteiger charge is 2.36. The lowest BCUT2D eigenvalue weighted by atomic mass is 9.82. The number of allylic oxidation sites excluding steroid dienone is 1. The fraction of sp³-hybridized carbons (Fsp3) is 0.318. The van der Waals surface area contributed by atoms with Crippen molar-refractivity contribution in [3.8, 4) is 0 Å². The zero-order valence-corrected chi connectivity index (χ0v) is 17.5. The van der Waals surface area contributed by atoms with Crippen LogP contribution in [0.3, 0.4) is 0 Å². The number of nitrogens with one attached hydrogen (secondary N) is 2. The van der Waals surface area contributed by atoms with Gasteiger partial charge in [0.05, 0.1) is 17.1 Å². The van der Waals surface area contributed by atoms with Crippen molar-refractivity contribution in [2.45, 2.75) is 37.8 Å². The van der Waals surface area contributed by atoms with Crippen LogP contribution in [0.15, 0.2) is 64.2 Å². The minimum absolute atomic E-state index is 0.103. The second-order valence-corrected chi connectivity index (χ2v) is 7.81. The van der Waals surface area contributed by atoms with Gasteiger partial charge in [-0.15, -0.1) is 0 Å². The normalized spacial score (nSPS) is 15.4. The monoisotopic (exact) mass is 411 g/mol. The van der Waals surface area contributed by atoms with Crippen LogP contribution < -0.4 is 10.9 Å². The molecule has 0 unspecified atom stereocenters. The number of esters is 1. The van der Waals surface area contributed by atoms with Crippen LogP contribution in [-0.2, 0) is 9.53 Å². The van der Waals surface area contributed by atoms with E-state index in [1.165, 1.54) is 17.8 Å². The number of aromatic nitrogens is 2. The van der Waals surface area contributed by atoms with Gasteiger partial charge in [0, 0.05) is 11.4 Å². The number of rotatable bonds is 8. The van der Waals surface area contributed by atoms with Gasteiger partial charge in [-0.1, -0.05) is 68.1 Å². The van der Waals surface area contributed by atoms with Crippen LogP contribution in [0.4, 0.5) is 5.82 Å². The topological polar surface area (TPSA) is 84.1 Å². The number of aromatic amines is 1. The van der Waals surface area contributed by atoms with Crippen LogP contribution >= 0.6 is 11.8 Å². The van der Waals surface area contributed by atoms with Crippen molar-refractivity contribution >= 4 is 23.5 Å². The van der Waals surface area contributed by atoms with Gasteiger partial charge in [0.25, 0.3) is 5.56 Å². The Bertz CT molecular complexity index is 983. The van der Waals surface area contributed by atoms with Crippen molar-refractivity contribution in [1.82, 2.24) is 9.97 Å². The molecule has 0 fully saturated rings. The average Bonchev–Trinajstić information content (AvgIpc) is 2.71. The van der Waals surface area contributed by atoms with Crippen molar-refractivity contribution in [3.05, 3.63) is 75.7 Å². The Labute approximate surface area is 174 Å². The molecule has 1 aromatic heterocycles. The Morgan fingerprint density at radius 1 is 1.34 bits per heavy atom. The molecule has 1 aromatic carbocycles. The third-order valence-electron chi connectivity index (χ3n) is 4.64. The number of unbranched alkanes of at least 4 members (excludes halogenated alkanes) is 1. The Morgan fingerprint density at radius 2 is 2.10 bits per heavy atom. The summed E-state index contributed by atoms with van der Waals surface area (Å²) < 4.78 is 5.31. The summed E-state index contributed by atoms with van der Waals surface area (Å²) in [5.41, 5.74) is 2.04. The number of anilines is 1. The Kier molecular flexibility index (Phi) is 6.93. The lowest BCUT2D eigenvalue weighted by Crippen LogP contribution is -2.31. The van der Waals surface area contributed by atoms with Gasteiger partial charge in [-0.2, -0.15) is 0 Å². The Hall–Kier alpha value is -2.80. The molecule has 0 radical (unpaired) electrons. The molecular weight excluding hydrogens is 386 g/mol. The Morgan fingerprint density at radius 3 is 2.79 bits per heavy atom. The van der Waals surface area contributed by atoms with Gasteiger partial charge in [0.2, 0.25) is 0 Å². The molecule has 2 N–H and O–H groups in total. The summed E-state index contributed by atoms with van der Waals surface area (Å²) in [6, 6.07) is 9.47. The van der Waals surface area contributed by atoms with E-state index < -0.39 is 11.9 Å². The van der Waals surface area contributed by atoms with Crippen molar-refractivity contribution < 1.29 is 9.53 Å². The molecule has 7 heteroatoms. The number of nitrogens with zero attached hydrogens (tertiary/aromatic N) is 1. The highest BCUT2D eigenvalue weighted by atomic mass is 32.2. The molecule has 0 amide bonds. The third-order valence-corrected chi connectivity index (χ3v) is 5.60. The largest absolute Gasteiger partial charge is 0.458 e. The van der Waals surface area contributed by atoms with E-state index in [0.717, 1.165) is 24.2 Å².